The van der Waals surface area contributed by atoms with Gasteiger partial charge in [0.2, 0.25) is 0 Å². The average molecular weight is 436 g/mol. The van der Waals surface area contributed by atoms with Gasteiger partial charge in [0, 0.05) is 10.0 Å². The molecular formula is C16H8Br2N2OS. The number of H-pyrrole nitrogens is 1. The Balaban J connectivity index is 2.29. The van der Waals surface area contributed by atoms with Crippen molar-refractivity contribution in [2.75, 3.05) is 0 Å². The van der Waals surface area contributed by atoms with Crippen LogP contribution in [0.2, 0.25) is 0 Å². The third kappa shape index (κ3) is 2.80. The number of rotatable bonds is 2. The van der Waals surface area contributed by atoms with E-state index in [1.54, 1.807) is 0 Å². The monoisotopic (exact) mass is 434 g/mol. The second-order valence-electron chi connectivity index (χ2n) is 4.50. The second kappa shape index (κ2) is 6.21. The molecule has 22 heavy (non-hydrogen) atoms. The van der Waals surface area contributed by atoms with Crippen LogP contribution in [0.3, 0.4) is 0 Å². The van der Waals surface area contributed by atoms with E-state index in [1.165, 1.54) is 11.3 Å². The number of thiophene rings is 1. The molecule has 3 aromatic rings. The number of aromatic amines is 1. The zero-order valence-corrected chi connectivity index (χ0v) is 15.0. The number of hydrogen-bond acceptors (Lipinski definition) is 3. The summed E-state index contributed by atoms with van der Waals surface area (Å²) in [6, 6.07) is 15.2. The molecule has 0 atom stereocenters. The fourth-order valence-corrected chi connectivity index (χ4v) is 4.01. The summed E-state index contributed by atoms with van der Waals surface area (Å²) in [5.74, 6) is 0. The van der Waals surface area contributed by atoms with Crippen LogP contribution in [0.4, 0.5) is 0 Å². The van der Waals surface area contributed by atoms with Crippen LogP contribution >= 0.6 is 43.2 Å². The molecule has 0 spiro atoms. The third-order valence-corrected chi connectivity index (χ3v) is 5.50. The minimum absolute atomic E-state index is 0.117. The van der Waals surface area contributed by atoms with Crippen molar-refractivity contribution in [1.82, 2.24) is 4.98 Å². The lowest BCUT2D eigenvalue weighted by atomic mass is 10.0. The first-order valence-corrected chi connectivity index (χ1v) is 8.68. The van der Waals surface area contributed by atoms with Gasteiger partial charge in [0.1, 0.15) is 11.6 Å². The van der Waals surface area contributed by atoms with E-state index in [-0.39, 0.29) is 11.1 Å². The summed E-state index contributed by atoms with van der Waals surface area (Å²) in [6.07, 6.45) is 0. The van der Waals surface area contributed by atoms with Crippen LogP contribution in [0, 0.1) is 11.3 Å². The van der Waals surface area contributed by atoms with Gasteiger partial charge in [-0.1, -0.05) is 34.1 Å². The predicted molar refractivity (Wildman–Crippen MR) is 95.9 cm³/mol. The van der Waals surface area contributed by atoms with E-state index in [0.29, 0.717) is 11.3 Å². The Kier molecular flexibility index (Phi) is 4.30. The fraction of sp³-hybridized carbons (Fsp3) is 0. The zero-order chi connectivity index (χ0) is 15.7. The Morgan fingerprint density at radius 3 is 2.50 bits per heavy atom. The maximum Gasteiger partial charge on any atom is 0.266 e. The lowest BCUT2D eigenvalue weighted by molar-refractivity contribution is 1.22. The zero-order valence-electron chi connectivity index (χ0n) is 11.1. The molecule has 0 saturated carbocycles. The predicted octanol–water partition coefficient (Wildman–Crippen LogP) is 5.17. The third-order valence-electron chi connectivity index (χ3n) is 3.15. The highest BCUT2D eigenvalue weighted by Gasteiger charge is 2.15. The van der Waals surface area contributed by atoms with E-state index >= 15 is 0 Å². The molecular weight excluding hydrogens is 428 g/mol. The van der Waals surface area contributed by atoms with Crippen LogP contribution in [-0.4, -0.2) is 4.98 Å². The first kappa shape index (κ1) is 15.2. The molecule has 2 heterocycles. The van der Waals surface area contributed by atoms with E-state index < -0.39 is 0 Å². The molecule has 2 aromatic heterocycles. The first-order valence-electron chi connectivity index (χ1n) is 6.28. The van der Waals surface area contributed by atoms with Gasteiger partial charge < -0.3 is 4.98 Å². The van der Waals surface area contributed by atoms with Crippen molar-refractivity contribution in [2.45, 2.75) is 0 Å². The Bertz CT molecular complexity index is 953. The van der Waals surface area contributed by atoms with Crippen molar-refractivity contribution in [1.29, 1.82) is 5.26 Å². The van der Waals surface area contributed by atoms with Gasteiger partial charge in [-0.15, -0.1) is 11.3 Å². The highest BCUT2D eigenvalue weighted by atomic mass is 79.9. The molecule has 3 rings (SSSR count). The van der Waals surface area contributed by atoms with E-state index in [1.807, 2.05) is 48.5 Å². The topological polar surface area (TPSA) is 56.6 Å². The number of benzene rings is 1. The normalized spacial score (nSPS) is 10.4. The lowest BCUT2D eigenvalue weighted by Gasteiger charge is -2.08. The van der Waals surface area contributed by atoms with Gasteiger partial charge >= 0.3 is 0 Å². The number of hydrogen-bond donors (Lipinski definition) is 1. The summed E-state index contributed by atoms with van der Waals surface area (Å²) in [6.45, 7) is 0. The fourth-order valence-electron chi connectivity index (χ4n) is 2.15. The summed E-state index contributed by atoms with van der Waals surface area (Å²) in [7, 11) is 0. The molecule has 0 aliphatic carbocycles. The van der Waals surface area contributed by atoms with Crippen LogP contribution in [-0.2, 0) is 0 Å². The number of halogens is 2. The molecule has 0 bridgehead atoms. The van der Waals surface area contributed by atoms with Gasteiger partial charge in [-0.05, 0) is 45.8 Å². The van der Waals surface area contributed by atoms with Gasteiger partial charge in [0.05, 0.1) is 14.4 Å². The van der Waals surface area contributed by atoms with Crippen molar-refractivity contribution in [3.05, 3.63) is 66.6 Å². The Hall–Kier alpha value is -1.68. The minimum Gasteiger partial charge on any atom is -0.320 e. The smallest absolute Gasteiger partial charge is 0.266 e. The van der Waals surface area contributed by atoms with Crippen molar-refractivity contribution < 1.29 is 0 Å². The van der Waals surface area contributed by atoms with E-state index in [9.17, 15) is 10.1 Å². The minimum atomic E-state index is -0.379. The number of nitrogens with one attached hydrogen (secondary N) is 1. The number of nitrogens with zero attached hydrogens (tertiary/aromatic N) is 1. The molecule has 0 fully saturated rings. The van der Waals surface area contributed by atoms with Crippen molar-refractivity contribution in [3.8, 4) is 27.8 Å². The van der Waals surface area contributed by atoms with Gasteiger partial charge in [0.15, 0.2) is 0 Å². The van der Waals surface area contributed by atoms with Crippen molar-refractivity contribution in [2.24, 2.45) is 0 Å². The summed E-state index contributed by atoms with van der Waals surface area (Å²) in [5, 5.41) is 9.33. The van der Waals surface area contributed by atoms with E-state index in [2.05, 4.69) is 36.8 Å². The Morgan fingerprint density at radius 2 is 1.86 bits per heavy atom. The summed E-state index contributed by atoms with van der Waals surface area (Å²) < 4.78 is 1.82. The Morgan fingerprint density at radius 1 is 1.09 bits per heavy atom. The summed E-state index contributed by atoms with van der Waals surface area (Å²) in [4.78, 5) is 16.0. The number of nitriles is 1. The molecule has 0 amide bonds. The lowest BCUT2D eigenvalue weighted by Crippen LogP contribution is -2.12. The van der Waals surface area contributed by atoms with E-state index in [0.717, 1.165) is 18.7 Å². The van der Waals surface area contributed by atoms with Crippen LogP contribution in [0.25, 0.3) is 21.7 Å². The van der Waals surface area contributed by atoms with Crippen molar-refractivity contribution >= 4 is 43.2 Å². The van der Waals surface area contributed by atoms with Crippen LogP contribution in [0.15, 0.2) is 55.5 Å². The average Bonchev–Trinajstić information content (AvgIpc) is 2.93. The standard InChI is InChI=1S/C16H8Br2N2OS/c17-12-4-2-1-3-9(12)10-7-13(14-5-6-15(18)22-14)20-16(21)11(10)8-19/h1-7H,(H,20,21). The van der Waals surface area contributed by atoms with Crippen LogP contribution in [0.5, 0.6) is 0 Å². The molecule has 108 valence electrons. The van der Waals surface area contributed by atoms with Gasteiger partial charge in [-0.3, -0.25) is 4.79 Å². The molecule has 1 aromatic carbocycles. The number of pyridine rings is 1. The summed E-state index contributed by atoms with van der Waals surface area (Å²) in [5.41, 5.74) is 1.88. The molecule has 1 N–H and O–H groups in total. The molecule has 0 saturated heterocycles. The summed E-state index contributed by atoms with van der Waals surface area (Å²) >= 11 is 8.42. The van der Waals surface area contributed by atoms with Crippen molar-refractivity contribution in [3.63, 3.8) is 0 Å². The van der Waals surface area contributed by atoms with Gasteiger partial charge in [0.25, 0.3) is 5.56 Å². The number of aromatic nitrogens is 1. The van der Waals surface area contributed by atoms with Crippen LogP contribution in [0.1, 0.15) is 5.56 Å². The molecule has 6 heteroatoms. The van der Waals surface area contributed by atoms with Gasteiger partial charge in [-0.25, -0.2) is 0 Å². The quantitative estimate of drug-likeness (QED) is 0.603. The van der Waals surface area contributed by atoms with Crippen LogP contribution < -0.4 is 5.56 Å². The highest BCUT2D eigenvalue weighted by Crippen LogP contribution is 2.34. The first-order chi connectivity index (χ1) is 10.6. The molecule has 0 aliphatic heterocycles. The van der Waals surface area contributed by atoms with Gasteiger partial charge in [-0.2, -0.15) is 5.26 Å². The Labute approximate surface area is 147 Å². The molecule has 0 unspecified atom stereocenters. The highest BCUT2D eigenvalue weighted by molar-refractivity contribution is 9.11. The molecule has 3 nitrogen and oxygen atoms in total. The van der Waals surface area contributed by atoms with E-state index in [4.69, 9.17) is 0 Å². The second-order valence-corrected chi connectivity index (χ2v) is 7.81. The SMILES string of the molecule is N#Cc1c(-c2ccccc2Br)cc(-c2ccc(Br)s2)[nH]c1=O. The molecule has 0 radical (unpaired) electrons. The maximum absolute atomic E-state index is 12.3. The largest absolute Gasteiger partial charge is 0.320 e. The molecule has 0 aliphatic rings. The maximum atomic E-state index is 12.3.